The highest BCUT2D eigenvalue weighted by atomic mass is 19.4. The second-order valence-electron chi connectivity index (χ2n) is 5.98. The quantitative estimate of drug-likeness (QED) is 0.759. The fourth-order valence-corrected chi connectivity index (χ4v) is 2.85. The Balaban J connectivity index is 1.53. The molecule has 9 heteroatoms. The number of nitrogens with one attached hydrogen (secondary N) is 1. The summed E-state index contributed by atoms with van der Waals surface area (Å²) in [6.07, 6.45) is -2.98. The van der Waals surface area contributed by atoms with Gasteiger partial charge >= 0.3 is 6.18 Å². The van der Waals surface area contributed by atoms with E-state index in [0.29, 0.717) is 35.7 Å². The highest BCUT2D eigenvalue weighted by Gasteiger charge is 2.30. The molecule has 0 radical (unpaired) electrons. The average molecular weight is 377 g/mol. The molecule has 27 heavy (non-hydrogen) atoms. The number of rotatable bonds is 3. The van der Waals surface area contributed by atoms with Gasteiger partial charge in [-0.15, -0.1) is 0 Å². The van der Waals surface area contributed by atoms with Crippen molar-refractivity contribution < 1.29 is 27.4 Å². The van der Waals surface area contributed by atoms with Crippen molar-refractivity contribution in [2.45, 2.75) is 12.7 Å². The van der Waals surface area contributed by atoms with E-state index in [1.165, 1.54) is 18.5 Å². The van der Waals surface area contributed by atoms with Crippen molar-refractivity contribution in [1.29, 1.82) is 0 Å². The first-order valence-corrected chi connectivity index (χ1v) is 8.12. The van der Waals surface area contributed by atoms with Crippen LogP contribution in [-0.4, -0.2) is 28.7 Å². The standard InChI is InChI=1S/C18H14F3N3O3/c19-18(20,21)11-2-1-3-12(6-11)23-17(25)9-24-10-22-13-7-15-16(8-14(13)24)27-5-4-26-15/h1-3,6-8,10H,4-5,9H2,(H,23,25). The smallest absolute Gasteiger partial charge is 0.416 e. The SMILES string of the molecule is O=C(Cn1cnc2cc3c(cc21)OCCO3)Nc1cccc(C(F)(F)F)c1. The molecule has 6 nitrogen and oxygen atoms in total. The second-order valence-corrected chi connectivity index (χ2v) is 5.98. The van der Waals surface area contributed by atoms with Crippen LogP contribution in [0.3, 0.4) is 0 Å². The molecular formula is C18H14F3N3O3. The van der Waals surface area contributed by atoms with Crippen molar-refractivity contribution in [3.63, 3.8) is 0 Å². The molecule has 0 atom stereocenters. The maximum atomic E-state index is 12.8. The first kappa shape index (κ1) is 17.2. The molecule has 0 saturated heterocycles. The molecule has 3 aromatic rings. The van der Waals surface area contributed by atoms with Gasteiger partial charge in [0.25, 0.3) is 0 Å². The molecular weight excluding hydrogens is 363 g/mol. The van der Waals surface area contributed by atoms with Crippen molar-refractivity contribution in [2.24, 2.45) is 0 Å². The number of fused-ring (bicyclic) bond motifs is 2. The monoisotopic (exact) mass is 377 g/mol. The summed E-state index contributed by atoms with van der Waals surface area (Å²) in [6, 6.07) is 7.95. The minimum absolute atomic E-state index is 0.0772. The Morgan fingerprint density at radius 3 is 2.63 bits per heavy atom. The Labute approximate surface area is 151 Å². The number of halogens is 3. The minimum atomic E-state index is -4.47. The minimum Gasteiger partial charge on any atom is -0.486 e. The van der Waals surface area contributed by atoms with Crippen LogP contribution in [0.1, 0.15) is 5.56 Å². The van der Waals surface area contributed by atoms with Crippen molar-refractivity contribution in [2.75, 3.05) is 18.5 Å². The Morgan fingerprint density at radius 1 is 1.15 bits per heavy atom. The number of hydrogen-bond donors (Lipinski definition) is 1. The third kappa shape index (κ3) is 3.53. The van der Waals surface area contributed by atoms with Gasteiger partial charge in [0.2, 0.25) is 5.91 Å². The molecule has 1 N–H and O–H groups in total. The lowest BCUT2D eigenvalue weighted by molar-refractivity contribution is -0.137. The zero-order valence-electron chi connectivity index (χ0n) is 13.9. The van der Waals surface area contributed by atoms with Crippen LogP contribution < -0.4 is 14.8 Å². The summed E-state index contributed by atoms with van der Waals surface area (Å²) in [4.78, 5) is 16.5. The van der Waals surface area contributed by atoms with Gasteiger partial charge in [0.1, 0.15) is 19.8 Å². The van der Waals surface area contributed by atoms with Crippen LogP contribution in [0.15, 0.2) is 42.7 Å². The first-order valence-electron chi connectivity index (χ1n) is 8.12. The number of anilines is 1. The van der Waals surface area contributed by atoms with Gasteiger partial charge < -0.3 is 19.4 Å². The van der Waals surface area contributed by atoms with Crippen molar-refractivity contribution >= 4 is 22.6 Å². The van der Waals surface area contributed by atoms with Crippen LogP contribution in [0.4, 0.5) is 18.9 Å². The molecule has 2 heterocycles. The van der Waals surface area contributed by atoms with E-state index in [4.69, 9.17) is 9.47 Å². The topological polar surface area (TPSA) is 65.4 Å². The zero-order valence-corrected chi connectivity index (χ0v) is 13.9. The van der Waals surface area contributed by atoms with Crippen molar-refractivity contribution in [1.82, 2.24) is 9.55 Å². The van der Waals surface area contributed by atoms with Crippen LogP contribution in [0.25, 0.3) is 11.0 Å². The fraction of sp³-hybridized carbons (Fsp3) is 0.222. The van der Waals surface area contributed by atoms with Gasteiger partial charge in [0.05, 0.1) is 22.9 Å². The maximum Gasteiger partial charge on any atom is 0.416 e. The third-order valence-corrected chi connectivity index (χ3v) is 4.07. The van der Waals surface area contributed by atoms with Gasteiger partial charge in [-0.05, 0) is 18.2 Å². The van der Waals surface area contributed by atoms with E-state index in [9.17, 15) is 18.0 Å². The van der Waals surface area contributed by atoms with E-state index < -0.39 is 17.6 Å². The third-order valence-electron chi connectivity index (χ3n) is 4.07. The zero-order chi connectivity index (χ0) is 19.0. The van der Waals surface area contributed by atoms with Gasteiger partial charge in [-0.1, -0.05) is 6.07 Å². The van der Waals surface area contributed by atoms with Crippen LogP contribution in [0.5, 0.6) is 11.5 Å². The summed E-state index contributed by atoms with van der Waals surface area (Å²) >= 11 is 0. The van der Waals surface area contributed by atoms with E-state index in [0.717, 1.165) is 12.1 Å². The summed E-state index contributed by atoms with van der Waals surface area (Å²) in [5.41, 5.74) is 0.551. The van der Waals surface area contributed by atoms with Crippen LogP contribution in [0.2, 0.25) is 0 Å². The Hall–Kier alpha value is -3.23. The number of alkyl halides is 3. The number of hydrogen-bond acceptors (Lipinski definition) is 4. The lowest BCUT2D eigenvalue weighted by atomic mass is 10.2. The molecule has 0 saturated carbocycles. The molecule has 1 aliphatic rings. The molecule has 0 aliphatic carbocycles. The molecule has 4 rings (SSSR count). The van der Waals surface area contributed by atoms with Crippen molar-refractivity contribution in [3.8, 4) is 11.5 Å². The Morgan fingerprint density at radius 2 is 1.89 bits per heavy atom. The number of carbonyl (C=O) groups is 1. The van der Waals surface area contributed by atoms with Gasteiger partial charge in [0, 0.05) is 17.8 Å². The molecule has 1 aliphatic heterocycles. The Bertz CT molecular complexity index is 1010. The van der Waals surface area contributed by atoms with Gasteiger partial charge in [-0.2, -0.15) is 13.2 Å². The largest absolute Gasteiger partial charge is 0.486 e. The molecule has 0 unspecified atom stereocenters. The van der Waals surface area contributed by atoms with E-state index in [-0.39, 0.29) is 12.2 Å². The fourth-order valence-electron chi connectivity index (χ4n) is 2.85. The number of carbonyl (C=O) groups excluding carboxylic acids is 1. The highest BCUT2D eigenvalue weighted by molar-refractivity contribution is 5.92. The number of amides is 1. The first-order chi connectivity index (χ1) is 12.9. The Kier molecular flexibility index (Phi) is 4.14. The predicted octanol–water partition coefficient (Wildman–Crippen LogP) is 3.47. The molecule has 1 amide bonds. The highest BCUT2D eigenvalue weighted by Crippen LogP contribution is 2.34. The lowest BCUT2D eigenvalue weighted by Gasteiger charge is -2.18. The average Bonchev–Trinajstić information content (AvgIpc) is 3.01. The van der Waals surface area contributed by atoms with E-state index in [2.05, 4.69) is 10.3 Å². The van der Waals surface area contributed by atoms with Gasteiger partial charge in [-0.25, -0.2) is 4.98 Å². The van der Waals surface area contributed by atoms with Crippen LogP contribution in [0, 0.1) is 0 Å². The maximum absolute atomic E-state index is 12.8. The number of imidazole rings is 1. The summed E-state index contributed by atoms with van der Waals surface area (Å²) < 4.78 is 50.9. The summed E-state index contributed by atoms with van der Waals surface area (Å²) in [5, 5.41) is 2.48. The number of nitrogens with zero attached hydrogens (tertiary/aromatic N) is 2. The molecule has 2 aromatic carbocycles. The number of aromatic nitrogens is 2. The second kappa shape index (κ2) is 6.49. The lowest BCUT2D eigenvalue weighted by Crippen LogP contribution is -2.19. The molecule has 0 bridgehead atoms. The van der Waals surface area contributed by atoms with Crippen LogP contribution in [-0.2, 0) is 17.5 Å². The molecule has 0 fully saturated rings. The molecule has 1 aromatic heterocycles. The summed E-state index contributed by atoms with van der Waals surface area (Å²) in [6.45, 7) is 0.785. The molecule has 0 spiro atoms. The van der Waals surface area contributed by atoms with E-state index in [1.54, 1.807) is 16.7 Å². The normalized spacial score (nSPS) is 13.6. The predicted molar refractivity (Wildman–Crippen MR) is 90.8 cm³/mol. The van der Waals surface area contributed by atoms with E-state index >= 15 is 0 Å². The molecule has 140 valence electrons. The summed E-state index contributed by atoms with van der Waals surface area (Å²) in [5.74, 6) is 0.685. The number of benzene rings is 2. The van der Waals surface area contributed by atoms with E-state index in [1.807, 2.05) is 0 Å². The van der Waals surface area contributed by atoms with Gasteiger partial charge in [0.15, 0.2) is 11.5 Å². The number of ether oxygens (including phenoxy) is 2. The summed E-state index contributed by atoms with van der Waals surface area (Å²) in [7, 11) is 0. The van der Waals surface area contributed by atoms with Crippen molar-refractivity contribution in [3.05, 3.63) is 48.3 Å². The van der Waals surface area contributed by atoms with Crippen LogP contribution >= 0.6 is 0 Å². The van der Waals surface area contributed by atoms with Gasteiger partial charge in [-0.3, -0.25) is 4.79 Å².